The molecule has 0 atom stereocenters. The molecule has 2 aromatic carbocycles. The first kappa shape index (κ1) is 20.4. The van der Waals surface area contributed by atoms with Crippen LogP contribution >= 0.6 is 0 Å². The second-order valence-electron chi connectivity index (χ2n) is 6.84. The van der Waals surface area contributed by atoms with Gasteiger partial charge in [-0.2, -0.15) is 0 Å². The summed E-state index contributed by atoms with van der Waals surface area (Å²) in [4.78, 5) is 14.4. The molecular weight excluding hydrogens is 376 g/mol. The molecule has 3 rings (SSSR count). The van der Waals surface area contributed by atoms with E-state index in [2.05, 4.69) is 4.72 Å². The van der Waals surface area contributed by atoms with E-state index in [-0.39, 0.29) is 18.6 Å². The fourth-order valence-electron chi connectivity index (χ4n) is 3.51. The predicted molar refractivity (Wildman–Crippen MR) is 107 cm³/mol. The lowest BCUT2D eigenvalue weighted by Gasteiger charge is -2.32. The molecule has 1 heterocycles. The lowest BCUT2D eigenvalue weighted by Crippen LogP contribution is -2.38. The molecule has 0 unspecified atom stereocenters. The van der Waals surface area contributed by atoms with Gasteiger partial charge in [-0.15, -0.1) is 0 Å². The topological polar surface area (TPSA) is 75.7 Å². The van der Waals surface area contributed by atoms with Crippen LogP contribution in [0.4, 0.5) is 4.79 Å². The molecule has 0 spiro atoms. The minimum absolute atomic E-state index is 0.0998. The molecule has 150 valence electrons. The van der Waals surface area contributed by atoms with Gasteiger partial charge in [0.25, 0.3) is 0 Å². The van der Waals surface area contributed by atoms with Crippen LogP contribution in [0.3, 0.4) is 0 Å². The summed E-state index contributed by atoms with van der Waals surface area (Å²) >= 11 is 0. The molecule has 0 bridgehead atoms. The molecular formula is C21H26N2O4S. The number of nitrogens with one attached hydrogen (secondary N) is 1. The first-order valence-corrected chi connectivity index (χ1v) is 11.0. The Morgan fingerprint density at radius 2 is 1.71 bits per heavy atom. The fourth-order valence-corrected chi connectivity index (χ4v) is 4.85. The molecule has 1 aliphatic heterocycles. The first-order valence-electron chi connectivity index (χ1n) is 9.55. The van der Waals surface area contributed by atoms with Crippen molar-refractivity contribution >= 4 is 16.1 Å². The predicted octanol–water partition coefficient (Wildman–Crippen LogP) is 3.50. The number of sulfonamides is 1. The van der Waals surface area contributed by atoms with Gasteiger partial charge in [-0.3, -0.25) is 0 Å². The Morgan fingerprint density at radius 3 is 2.39 bits per heavy atom. The lowest BCUT2D eigenvalue weighted by molar-refractivity contribution is 0.0869. The zero-order valence-electron chi connectivity index (χ0n) is 16.0. The number of likely N-dealkylation sites (tertiary alicyclic amines) is 1. The van der Waals surface area contributed by atoms with Crippen molar-refractivity contribution in [3.05, 3.63) is 65.7 Å². The second kappa shape index (κ2) is 9.21. The van der Waals surface area contributed by atoms with Crippen LogP contribution in [-0.4, -0.2) is 39.0 Å². The van der Waals surface area contributed by atoms with Gasteiger partial charge in [0.2, 0.25) is 10.0 Å². The van der Waals surface area contributed by atoms with Crippen LogP contribution in [0, 0.1) is 0 Å². The van der Waals surface area contributed by atoms with E-state index in [1.165, 1.54) is 0 Å². The van der Waals surface area contributed by atoms with Crippen molar-refractivity contribution in [1.82, 2.24) is 9.62 Å². The molecule has 0 radical (unpaired) electrons. The van der Waals surface area contributed by atoms with Gasteiger partial charge in [0.05, 0.1) is 4.90 Å². The highest BCUT2D eigenvalue weighted by Crippen LogP contribution is 2.32. The largest absolute Gasteiger partial charge is 0.445 e. The molecule has 1 N–H and O–H groups in total. The molecule has 1 saturated heterocycles. The molecule has 28 heavy (non-hydrogen) atoms. The van der Waals surface area contributed by atoms with Crippen LogP contribution in [0.5, 0.6) is 0 Å². The van der Waals surface area contributed by atoms with Crippen molar-refractivity contribution in [2.24, 2.45) is 0 Å². The summed E-state index contributed by atoms with van der Waals surface area (Å²) in [5, 5.41) is 0. The maximum Gasteiger partial charge on any atom is 0.410 e. The third-order valence-electron chi connectivity index (χ3n) is 4.94. The smallest absolute Gasteiger partial charge is 0.410 e. The van der Waals surface area contributed by atoms with E-state index in [9.17, 15) is 13.2 Å². The molecule has 7 heteroatoms. The van der Waals surface area contributed by atoms with Crippen LogP contribution in [0.15, 0.2) is 59.5 Å². The highest BCUT2D eigenvalue weighted by atomic mass is 32.2. The number of ether oxygens (including phenoxy) is 1. The number of hydrogen-bond acceptors (Lipinski definition) is 4. The highest BCUT2D eigenvalue weighted by molar-refractivity contribution is 7.89. The van der Waals surface area contributed by atoms with Crippen LogP contribution in [0.25, 0.3) is 0 Å². The molecule has 0 saturated carbocycles. The van der Waals surface area contributed by atoms with Gasteiger partial charge in [0.15, 0.2) is 0 Å². The fraction of sp³-hybridized carbons (Fsp3) is 0.381. The van der Waals surface area contributed by atoms with Gasteiger partial charge in [-0.1, -0.05) is 55.5 Å². The van der Waals surface area contributed by atoms with Gasteiger partial charge >= 0.3 is 6.09 Å². The summed E-state index contributed by atoms with van der Waals surface area (Å²) in [7, 11) is -3.51. The summed E-state index contributed by atoms with van der Waals surface area (Å²) < 4.78 is 32.9. The Bertz CT molecular complexity index is 892. The van der Waals surface area contributed by atoms with Crippen molar-refractivity contribution in [2.45, 2.75) is 37.2 Å². The molecule has 1 fully saturated rings. The normalized spacial score (nSPS) is 15.4. The average Bonchev–Trinajstić information content (AvgIpc) is 2.73. The Labute approximate surface area is 166 Å². The van der Waals surface area contributed by atoms with Gasteiger partial charge in [0, 0.05) is 19.6 Å². The SMILES string of the molecule is CCNS(=O)(=O)c1ccccc1C1CCN(C(=O)OCc2ccccc2)CC1. The Morgan fingerprint density at radius 1 is 1.07 bits per heavy atom. The number of hydrogen-bond donors (Lipinski definition) is 1. The standard InChI is InChI=1S/C21H26N2O4S/c1-2-22-28(25,26)20-11-7-6-10-19(20)18-12-14-23(15-13-18)21(24)27-16-17-8-4-3-5-9-17/h3-11,18,22H,2,12-16H2,1H3. The van der Waals surface area contributed by atoms with E-state index in [4.69, 9.17) is 4.74 Å². The van der Waals surface area contributed by atoms with Crippen LogP contribution in [0.2, 0.25) is 0 Å². The quantitative estimate of drug-likeness (QED) is 0.802. The number of carbonyl (C=O) groups excluding carboxylic acids is 1. The Kier molecular flexibility index (Phi) is 6.70. The zero-order valence-corrected chi connectivity index (χ0v) is 16.8. The number of carbonyl (C=O) groups is 1. The molecule has 2 aromatic rings. The van der Waals surface area contributed by atoms with Crippen LogP contribution in [0.1, 0.15) is 36.8 Å². The minimum Gasteiger partial charge on any atom is -0.445 e. The van der Waals surface area contributed by atoms with Crippen molar-refractivity contribution in [3.8, 4) is 0 Å². The van der Waals surface area contributed by atoms with Gasteiger partial charge < -0.3 is 9.64 Å². The van der Waals surface area contributed by atoms with Crippen LogP contribution in [-0.2, 0) is 21.4 Å². The number of rotatable bonds is 6. The summed E-state index contributed by atoms with van der Waals surface area (Å²) in [5.41, 5.74) is 1.77. The zero-order chi connectivity index (χ0) is 20.0. The highest BCUT2D eigenvalue weighted by Gasteiger charge is 2.28. The van der Waals surface area contributed by atoms with Crippen molar-refractivity contribution in [3.63, 3.8) is 0 Å². The van der Waals surface area contributed by atoms with E-state index in [0.29, 0.717) is 37.4 Å². The average molecular weight is 403 g/mol. The monoisotopic (exact) mass is 402 g/mol. The van der Waals surface area contributed by atoms with E-state index in [0.717, 1.165) is 11.1 Å². The Hall–Kier alpha value is -2.38. The summed E-state index contributed by atoms with van der Waals surface area (Å²) in [6, 6.07) is 16.7. The number of piperidine rings is 1. The number of nitrogens with zero attached hydrogens (tertiary/aromatic N) is 1. The van der Waals surface area contributed by atoms with E-state index in [1.54, 1.807) is 24.0 Å². The lowest BCUT2D eigenvalue weighted by atomic mass is 9.89. The third kappa shape index (κ3) is 4.91. The molecule has 1 aliphatic rings. The van der Waals surface area contributed by atoms with Crippen molar-refractivity contribution < 1.29 is 17.9 Å². The van der Waals surface area contributed by atoms with Crippen molar-refractivity contribution in [2.75, 3.05) is 19.6 Å². The number of benzene rings is 2. The Balaban J connectivity index is 1.61. The first-order chi connectivity index (χ1) is 13.5. The van der Waals surface area contributed by atoms with Gasteiger partial charge in [0.1, 0.15) is 6.61 Å². The summed E-state index contributed by atoms with van der Waals surface area (Å²) in [6.45, 7) is 3.47. The number of amides is 1. The van der Waals surface area contributed by atoms with Gasteiger partial charge in [-0.05, 0) is 36.0 Å². The van der Waals surface area contributed by atoms with Gasteiger partial charge in [-0.25, -0.2) is 17.9 Å². The summed E-state index contributed by atoms with van der Waals surface area (Å²) in [6.07, 6.45) is 1.09. The molecule has 6 nitrogen and oxygen atoms in total. The molecule has 1 amide bonds. The maximum atomic E-state index is 12.5. The second-order valence-corrected chi connectivity index (χ2v) is 8.58. The minimum atomic E-state index is -3.51. The molecule has 0 aliphatic carbocycles. The van der Waals surface area contributed by atoms with E-state index < -0.39 is 10.0 Å². The molecule has 0 aromatic heterocycles. The van der Waals surface area contributed by atoms with E-state index >= 15 is 0 Å². The maximum absolute atomic E-state index is 12.5. The summed E-state index contributed by atoms with van der Waals surface area (Å²) in [5.74, 6) is 0.0998. The van der Waals surface area contributed by atoms with E-state index in [1.807, 2.05) is 42.5 Å². The van der Waals surface area contributed by atoms with Crippen LogP contribution < -0.4 is 4.72 Å². The third-order valence-corrected chi connectivity index (χ3v) is 6.56. The van der Waals surface area contributed by atoms with Crippen molar-refractivity contribution in [1.29, 1.82) is 0 Å².